The number of sulfonamides is 1. The number of aliphatic hydroxyl groups excluding tert-OH is 1. The molecule has 1 aromatic heterocycles. The average molecular weight is 289 g/mol. The molecule has 0 spiro atoms. The van der Waals surface area contributed by atoms with Crippen molar-refractivity contribution in [3.8, 4) is 0 Å². The van der Waals surface area contributed by atoms with Crippen molar-refractivity contribution in [3.05, 3.63) is 12.0 Å². The molecule has 2 atom stereocenters. The summed E-state index contributed by atoms with van der Waals surface area (Å²) in [6.45, 7) is 3.76. The number of ether oxygens (including phenoxy) is 1. The Morgan fingerprint density at radius 2 is 2.21 bits per heavy atom. The molecule has 2 rings (SSSR count). The lowest BCUT2D eigenvalue weighted by molar-refractivity contribution is -0.0750. The number of hydrogen-bond donors (Lipinski definition) is 1. The Hall–Kier alpha value is -0.960. The largest absolute Gasteiger partial charge is 0.394 e. The van der Waals surface area contributed by atoms with Gasteiger partial charge in [-0.1, -0.05) is 0 Å². The van der Waals surface area contributed by atoms with Crippen molar-refractivity contribution in [2.45, 2.75) is 31.1 Å². The zero-order valence-corrected chi connectivity index (χ0v) is 12.1. The van der Waals surface area contributed by atoms with Gasteiger partial charge >= 0.3 is 0 Å². The van der Waals surface area contributed by atoms with Gasteiger partial charge in [0.15, 0.2) is 5.03 Å². The Labute approximate surface area is 112 Å². The van der Waals surface area contributed by atoms with E-state index in [1.54, 1.807) is 25.5 Å². The summed E-state index contributed by atoms with van der Waals surface area (Å²) in [5.74, 6) is 0.638. The van der Waals surface area contributed by atoms with Crippen LogP contribution in [0.2, 0.25) is 0 Å². The molecule has 1 fully saturated rings. The summed E-state index contributed by atoms with van der Waals surface area (Å²) >= 11 is 0. The van der Waals surface area contributed by atoms with Crippen molar-refractivity contribution in [3.63, 3.8) is 0 Å². The van der Waals surface area contributed by atoms with E-state index in [1.807, 2.05) is 0 Å². The van der Waals surface area contributed by atoms with E-state index in [1.165, 1.54) is 10.5 Å². The summed E-state index contributed by atoms with van der Waals surface area (Å²) in [6, 6.07) is 0. The molecule has 1 aliphatic heterocycles. The SMILES string of the molecule is Cc1nc(S(=O)(=O)N2CC(C)OC(CO)C2)cn1C. The molecule has 2 unspecified atom stereocenters. The van der Waals surface area contributed by atoms with Crippen molar-refractivity contribution in [1.82, 2.24) is 13.9 Å². The maximum atomic E-state index is 12.5. The van der Waals surface area contributed by atoms with Gasteiger partial charge in [0.25, 0.3) is 10.0 Å². The first-order valence-electron chi connectivity index (χ1n) is 6.11. The summed E-state index contributed by atoms with van der Waals surface area (Å²) in [6.07, 6.45) is 0.771. The third-order valence-electron chi connectivity index (χ3n) is 3.19. The summed E-state index contributed by atoms with van der Waals surface area (Å²) in [7, 11) is -1.88. The molecule has 0 aromatic carbocycles. The second kappa shape index (κ2) is 5.20. The van der Waals surface area contributed by atoms with E-state index in [0.29, 0.717) is 5.82 Å². The number of hydrogen-bond acceptors (Lipinski definition) is 5. The minimum Gasteiger partial charge on any atom is -0.394 e. The number of aromatic nitrogens is 2. The first-order chi connectivity index (χ1) is 8.84. The zero-order chi connectivity index (χ0) is 14.2. The molecular formula is C11H19N3O4S. The Morgan fingerprint density at radius 3 is 2.74 bits per heavy atom. The third kappa shape index (κ3) is 2.81. The van der Waals surface area contributed by atoms with Gasteiger partial charge in [0.2, 0.25) is 0 Å². The fourth-order valence-corrected chi connectivity index (χ4v) is 3.65. The van der Waals surface area contributed by atoms with Gasteiger partial charge in [-0.15, -0.1) is 0 Å². The van der Waals surface area contributed by atoms with Crippen LogP contribution in [0.3, 0.4) is 0 Å². The fourth-order valence-electron chi connectivity index (χ4n) is 2.08. The molecule has 7 nitrogen and oxygen atoms in total. The van der Waals surface area contributed by atoms with Crippen molar-refractivity contribution in [1.29, 1.82) is 0 Å². The molecule has 1 aromatic rings. The average Bonchev–Trinajstić information content (AvgIpc) is 2.69. The highest BCUT2D eigenvalue weighted by molar-refractivity contribution is 7.89. The zero-order valence-electron chi connectivity index (χ0n) is 11.3. The van der Waals surface area contributed by atoms with Crippen LogP contribution in [0.4, 0.5) is 0 Å². The molecule has 2 heterocycles. The van der Waals surface area contributed by atoms with Crippen LogP contribution in [0.1, 0.15) is 12.7 Å². The molecule has 0 radical (unpaired) electrons. The standard InChI is InChI=1S/C11H19N3O4S/c1-8-4-14(5-10(7-15)18-8)19(16,17)11-6-13(3)9(2)12-11/h6,8,10,15H,4-5,7H2,1-3H3. The number of imidazole rings is 1. The first-order valence-corrected chi connectivity index (χ1v) is 7.55. The Morgan fingerprint density at radius 1 is 1.53 bits per heavy atom. The molecular weight excluding hydrogens is 270 g/mol. The van der Waals surface area contributed by atoms with Crippen LogP contribution in [0.15, 0.2) is 11.2 Å². The Kier molecular flexibility index (Phi) is 3.95. The van der Waals surface area contributed by atoms with Crippen molar-refractivity contribution < 1.29 is 18.3 Å². The van der Waals surface area contributed by atoms with Crippen molar-refractivity contribution in [2.75, 3.05) is 19.7 Å². The number of aryl methyl sites for hydroxylation is 2. The van der Waals surface area contributed by atoms with Crippen LogP contribution in [-0.4, -0.2) is 59.3 Å². The fraction of sp³-hybridized carbons (Fsp3) is 0.727. The molecule has 1 saturated heterocycles. The van der Waals surface area contributed by atoms with Gasteiger partial charge in [0.1, 0.15) is 5.82 Å². The molecule has 108 valence electrons. The number of nitrogens with zero attached hydrogens (tertiary/aromatic N) is 3. The molecule has 8 heteroatoms. The third-order valence-corrected chi connectivity index (χ3v) is 4.89. The van der Waals surface area contributed by atoms with Crippen molar-refractivity contribution in [2.24, 2.45) is 7.05 Å². The van der Waals surface area contributed by atoms with E-state index in [2.05, 4.69) is 4.98 Å². The molecule has 0 bridgehead atoms. The van der Waals surface area contributed by atoms with E-state index < -0.39 is 16.1 Å². The Balaban J connectivity index is 2.28. The lowest BCUT2D eigenvalue weighted by atomic mass is 10.2. The predicted octanol–water partition coefficient (Wildman–Crippen LogP) is -0.501. The molecule has 19 heavy (non-hydrogen) atoms. The number of aliphatic hydroxyl groups is 1. The first kappa shape index (κ1) is 14.4. The van der Waals surface area contributed by atoms with Crippen LogP contribution < -0.4 is 0 Å². The number of morpholine rings is 1. The topological polar surface area (TPSA) is 84.7 Å². The van der Waals surface area contributed by atoms with Gasteiger partial charge in [0.05, 0.1) is 18.8 Å². The van der Waals surface area contributed by atoms with Crippen LogP contribution in [-0.2, 0) is 21.8 Å². The van der Waals surface area contributed by atoms with Gasteiger partial charge in [-0.3, -0.25) is 0 Å². The molecule has 1 aliphatic rings. The second-order valence-corrected chi connectivity index (χ2v) is 6.70. The van der Waals surface area contributed by atoms with E-state index in [0.717, 1.165) is 0 Å². The van der Waals surface area contributed by atoms with Gasteiger partial charge in [0, 0.05) is 26.3 Å². The van der Waals surface area contributed by atoms with Gasteiger partial charge in [-0.05, 0) is 13.8 Å². The van der Waals surface area contributed by atoms with Gasteiger partial charge in [-0.2, -0.15) is 4.31 Å². The highest BCUT2D eigenvalue weighted by Gasteiger charge is 2.35. The normalized spacial score (nSPS) is 25.7. The highest BCUT2D eigenvalue weighted by Crippen LogP contribution is 2.20. The molecule has 0 amide bonds. The van der Waals surface area contributed by atoms with Crippen LogP contribution in [0.5, 0.6) is 0 Å². The van der Waals surface area contributed by atoms with Gasteiger partial charge < -0.3 is 14.4 Å². The molecule has 0 aliphatic carbocycles. The minimum absolute atomic E-state index is 0.0401. The summed E-state index contributed by atoms with van der Waals surface area (Å²) in [5.41, 5.74) is 0. The van der Waals surface area contributed by atoms with E-state index in [9.17, 15) is 8.42 Å². The van der Waals surface area contributed by atoms with E-state index >= 15 is 0 Å². The number of rotatable bonds is 3. The van der Waals surface area contributed by atoms with Crippen LogP contribution >= 0.6 is 0 Å². The summed E-state index contributed by atoms with van der Waals surface area (Å²) < 4.78 is 33.4. The maximum Gasteiger partial charge on any atom is 0.262 e. The Bertz CT molecular complexity index is 535. The second-order valence-electron chi connectivity index (χ2n) is 4.81. The lowest BCUT2D eigenvalue weighted by Crippen LogP contribution is -2.50. The predicted molar refractivity (Wildman–Crippen MR) is 68.1 cm³/mol. The monoisotopic (exact) mass is 289 g/mol. The quantitative estimate of drug-likeness (QED) is 0.811. The minimum atomic E-state index is -3.63. The van der Waals surface area contributed by atoms with Gasteiger partial charge in [-0.25, -0.2) is 13.4 Å². The van der Waals surface area contributed by atoms with E-state index in [4.69, 9.17) is 9.84 Å². The molecule has 1 N–H and O–H groups in total. The maximum absolute atomic E-state index is 12.5. The smallest absolute Gasteiger partial charge is 0.262 e. The summed E-state index contributed by atoms with van der Waals surface area (Å²) in [4.78, 5) is 4.06. The van der Waals surface area contributed by atoms with Crippen LogP contribution in [0.25, 0.3) is 0 Å². The lowest BCUT2D eigenvalue weighted by Gasteiger charge is -2.34. The van der Waals surface area contributed by atoms with E-state index in [-0.39, 0.29) is 30.8 Å². The highest BCUT2D eigenvalue weighted by atomic mass is 32.2. The van der Waals surface area contributed by atoms with Crippen molar-refractivity contribution >= 4 is 10.0 Å². The molecule has 0 saturated carbocycles. The van der Waals surface area contributed by atoms with Crippen LogP contribution in [0, 0.1) is 6.92 Å². The summed E-state index contributed by atoms with van der Waals surface area (Å²) in [5, 5.41) is 9.18.